The number of likely N-dealkylation sites (tertiary alicyclic amines) is 1. The van der Waals surface area contributed by atoms with Crippen molar-refractivity contribution in [3.63, 3.8) is 0 Å². The minimum atomic E-state index is -0.721. The van der Waals surface area contributed by atoms with E-state index in [1.54, 1.807) is 0 Å². The van der Waals surface area contributed by atoms with Crippen LogP contribution >= 0.6 is 0 Å². The molecule has 0 amide bonds. The van der Waals surface area contributed by atoms with Crippen molar-refractivity contribution < 1.29 is 14.4 Å². The van der Waals surface area contributed by atoms with Gasteiger partial charge in [-0.2, -0.15) is 0 Å². The Kier molecular flexibility index (Phi) is 3.05. The Morgan fingerprint density at radius 1 is 1.37 bits per heavy atom. The molecule has 0 bridgehead atoms. The molecule has 1 aliphatic rings. The predicted octanol–water partition coefficient (Wildman–Crippen LogP) is 1.86. The average Bonchev–Trinajstić information content (AvgIpc) is 2.82. The summed E-state index contributed by atoms with van der Waals surface area (Å²) in [6.07, 6.45) is 0. The first kappa shape index (κ1) is 11.9. The van der Waals surface area contributed by atoms with Gasteiger partial charge in [0.2, 0.25) is 0 Å². The van der Waals surface area contributed by atoms with E-state index in [1.807, 2.05) is 41.3 Å². The van der Waals surface area contributed by atoms with Gasteiger partial charge in [0, 0.05) is 31.3 Å². The molecular weight excluding hydrogens is 244 g/mol. The van der Waals surface area contributed by atoms with Gasteiger partial charge in [-0.05, 0) is 0 Å². The highest BCUT2D eigenvalue weighted by Crippen LogP contribution is 2.23. The minimum absolute atomic E-state index is 0.236. The fraction of sp³-hybridized carbons (Fsp3) is 0.286. The molecule has 2 aromatic rings. The van der Waals surface area contributed by atoms with Crippen LogP contribution in [0.5, 0.6) is 0 Å². The molecule has 1 aromatic carbocycles. The van der Waals surface area contributed by atoms with Crippen LogP contribution in [0.1, 0.15) is 5.69 Å². The third-order valence-electron chi connectivity index (χ3n) is 3.31. The Labute approximate surface area is 110 Å². The molecule has 1 aromatic heterocycles. The van der Waals surface area contributed by atoms with E-state index < -0.39 is 5.97 Å². The van der Waals surface area contributed by atoms with E-state index in [1.165, 1.54) is 0 Å². The molecule has 19 heavy (non-hydrogen) atoms. The number of benzene rings is 1. The second kappa shape index (κ2) is 4.85. The van der Waals surface area contributed by atoms with Crippen molar-refractivity contribution in [2.24, 2.45) is 5.92 Å². The molecule has 98 valence electrons. The van der Waals surface area contributed by atoms with Crippen molar-refractivity contribution in [3.8, 4) is 11.3 Å². The second-order valence-corrected chi connectivity index (χ2v) is 4.78. The fourth-order valence-electron chi connectivity index (χ4n) is 2.21. The highest BCUT2D eigenvalue weighted by atomic mass is 16.5. The van der Waals surface area contributed by atoms with Crippen LogP contribution in [0.4, 0.5) is 0 Å². The molecule has 5 nitrogen and oxygen atoms in total. The molecule has 3 rings (SSSR count). The van der Waals surface area contributed by atoms with Gasteiger partial charge in [-0.3, -0.25) is 9.69 Å². The molecule has 0 aliphatic carbocycles. The Morgan fingerprint density at radius 3 is 2.79 bits per heavy atom. The summed E-state index contributed by atoms with van der Waals surface area (Å²) in [5.74, 6) is -0.215. The first-order valence-corrected chi connectivity index (χ1v) is 6.18. The lowest BCUT2D eigenvalue weighted by molar-refractivity contribution is -0.147. The maximum absolute atomic E-state index is 10.7. The maximum atomic E-state index is 10.7. The van der Waals surface area contributed by atoms with E-state index in [9.17, 15) is 4.79 Å². The van der Waals surface area contributed by atoms with E-state index in [-0.39, 0.29) is 5.92 Å². The third-order valence-corrected chi connectivity index (χ3v) is 3.31. The quantitative estimate of drug-likeness (QED) is 0.906. The zero-order valence-electron chi connectivity index (χ0n) is 10.3. The average molecular weight is 258 g/mol. The van der Waals surface area contributed by atoms with Crippen molar-refractivity contribution in [2.75, 3.05) is 13.1 Å². The number of aromatic nitrogens is 1. The van der Waals surface area contributed by atoms with Crippen LogP contribution in [-0.4, -0.2) is 34.2 Å². The summed E-state index contributed by atoms with van der Waals surface area (Å²) in [6, 6.07) is 11.7. The molecule has 2 heterocycles. The van der Waals surface area contributed by atoms with Gasteiger partial charge in [0.05, 0.1) is 11.6 Å². The lowest BCUT2D eigenvalue weighted by atomic mass is 10.0. The monoisotopic (exact) mass is 258 g/mol. The number of carbonyl (C=O) groups is 1. The standard InChI is InChI=1S/C14H14N2O3/c17-14(18)11-7-16(8-11)9-12-6-13(19-15-12)10-4-2-1-3-5-10/h1-6,11H,7-9H2,(H,17,18). The number of nitrogens with zero attached hydrogens (tertiary/aromatic N) is 2. The van der Waals surface area contributed by atoms with Crippen LogP contribution in [0, 0.1) is 5.92 Å². The normalized spacial score (nSPS) is 16.2. The molecule has 1 saturated heterocycles. The van der Waals surface area contributed by atoms with E-state index in [0.717, 1.165) is 17.0 Å². The first-order chi connectivity index (χ1) is 9.22. The van der Waals surface area contributed by atoms with Gasteiger partial charge < -0.3 is 9.63 Å². The zero-order chi connectivity index (χ0) is 13.2. The molecule has 0 unspecified atom stereocenters. The number of rotatable bonds is 4. The fourth-order valence-corrected chi connectivity index (χ4v) is 2.21. The molecule has 5 heteroatoms. The summed E-state index contributed by atoms with van der Waals surface area (Å²) in [4.78, 5) is 12.8. The Bertz CT molecular complexity index is 573. The van der Waals surface area contributed by atoms with Crippen LogP contribution in [0.2, 0.25) is 0 Å². The smallest absolute Gasteiger partial charge is 0.309 e. The Morgan fingerprint density at radius 2 is 2.11 bits per heavy atom. The van der Waals surface area contributed by atoms with Crippen molar-refractivity contribution in [2.45, 2.75) is 6.54 Å². The Balaban J connectivity index is 1.62. The number of hydrogen-bond donors (Lipinski definition) is 1. The molecule has 0 radical (unpaired) electrons. The van der Waals surface area contributed by atoms with Crippen molar-refractivity contribution in [1.82, 2.24) is 10.1 Å². The predicted molar refractivity (Wildman–Crippen MR) is 68.3 cm³/mol. The van der Waals surface area contributed by atoms with Gasteiger partial charge in [-0.15, -0.1) is 0 Å². The topological polar surface area (TPSA) is 66.6 Å². The van der Waals surface area contributed by atoms with Crippen LogP contribution in [0.15, 0.2) is 40.9 Å². The first-order valence-electron chi connectivity index (χ1n) is 6.18. The third kappa shape index (κ3) is 2.51. The van der Waals surface area contributed by atoms with Gasteiger partial charge in [0.25, 0.3) is 0 Å². The number of hydrogen-bond acceptors (Lipinski definition) is 4. The van der Waals surface area contributed by atoms with Crippen molar-refractivity contribution >= 4 is 5.97 Å². The molecular formula is C14H14N2O3. The summed E-state index contributed by atoms with van der Waals surface area (Å²) in [7, 11) is 0. The van der Waals surface area contributed by atoms with Gasteiger partial charge in [0.15, 0.2) is 5.76 Å². The van der Waals surface area contributed by atoms with Gasteiger partial charge >= 0.3 is 5.97 Å². The largest absolute Gasteiger partial charge is 0.481 e. The Hall–Kier alpha value is -2.14. The molecule has 1 aliphatic heterocycles. The van der Waals surface area contributed by atoms with Gasteiger partial charge in [0.1, 0.15) is 0 Å². The molecule has 0 atom stereocenters. The molecule has 0 saturated carbocycles. The lowest BCUT2D eigenvalue weighted by Gasteiger charge is -2.35. The van der Waals surface area contributed by atoms with E-state index in [0.29, 0.717) is 19.6 Å². The zero-order valence-corrected chi connectivity index (χ0v) is 10.3. The summed E-state index contributed by atoms with van der Waals surface area (Å²) in [5, 5.41) is 12.8. The summed E-state index contributed by atoms with van der Waals surface area (Å²) in [5.41, 5.74) is 1.83. The number of carboxylic acids is 1. The van der Waals surface area contributed by atoms with Gasteiger partial charge in [-0.25, -0.2) is 0 Å². The summed E-state index contributed by atoms with van der Waals surface area (Å²) in [6.45, 7) is 1.81. The van der Waals surface area contributed by atoms with E-state index in [4.69, 9.17) is 9.63 Å². The van der Waals surface area contributed by atoms with Gasteiger partial charge in [-0.1, -0.05) is 35.5 Å². The summed E-state index contributed by atoms with van der Waals surface area (Å²) < 4.78 is 5.30. The second-order valence-electron chi connectivity index (χ2n) is 4.78. The summed E-state index contributed by atoms with van der Waals surface area (Å²) >= 11 is 0. The van der Waals surface area contributed by atoms with Crippen molar-refractivity contribution in [3.05, 3.63) is 42.1 Å². The highest BCUT2D eigenvalue weighted by molar-refractivity contribution is 5.71. The van der Waals surface area contributed by atoms with E-state index in [2.05, 4.69) is 5.16 Å². The highest BCUT2D eigenvalue weighted by Gasteiger charge is 2.32. The minimum Gasteiger partial charge on any atom is -0.481 e. The van der Waals surface area contributed by atoms with E-state index >= 15 is 0 Å². The molecule has 1 N–H and O–H groups in total. The van der Waals surface area contributed by atoms with Crippen LogP contribution in [-0.2, 0) is 11.3 Å². The van der Waals surface area contributed by atoms with Crippen molar-refractivity contribution in [1.29, 1.82) is 0 Å². The van der Waals surface area contributed by atoms with Crippen LogP contribution in [0.3, 0.4) is 0 Å². The SMILES string of the molecule is O=C(O)C1CN(Cc2cc(-c3ccccc3)on2)C1. The molecule has 1 fully saturated rings. The maximum Gasteiger partial charge on any atom is 0.309 e. The van der Waals surface area contributed by atoms with Crippen LogP contribution < -0.4 is 0 Å². The lowest BCUT2D eigenvalue weighted by Crippen LogP contribution is -2.49. The number of aliphatic carboxylic acids is 1. The number of carboxylic acid groups (broad SMARTS) is 1. The van der Waals surface area contributed by atoms with Crippen LogP contribution in [0.25, 0.3) is 11.3 Å². The molecule has 0 spiro atoms.